The molecule has 0 spiro atoms. The highest BCUT2D eigenvalue weighted by Crippen LogP contribution is 2.28. The molecule has 0 amide bonds. The second kappa shape index (κ2) is 5.78. The van der Waals surface area contributed by atoms with Gasteiger partial charge in [-0.2, -0.15) is 0 Å². The molecule has 1 aromatic rings. The molecule has 0 aliphatic carbocycles. The lowest BCUT2D eigenvalue weighted by molar-refractivity contribution is 0.288. The predicted molar refractivity (Wildman–Crippen MR) is 72.1 cm³/mol. The van der Waals surface area contributed by atoms with Gasteiger partial charge in [0.1, 0.15) is 0 Å². The van der Waals surface area contributed by atoms with Crippen molar-refractivity contribution >= 4 is 11.3 Å². The summed E-state index contributed by atoms with van der Waals surface area (Å²) in [4.78, 5) is 4.55. The highest BCUT2D eigenvalue weighted by atomic mass is 32.1. The molecule has 1 N–H and O–H groups in total. The van der Waals surface area contributed by atoms with E-state index in [9.17, 15) is 0 Å². The van der Waals surface area contributed by atoms with Crippen LogP contribution in [-0.2, 0) is 6.42 Å². The SMILES string of the molecule is CCNC(C)CC(C)(C)Cc1nc(C)cs1. The minimum Gasteiger partial charge on any atom is -0.315 e. The molecule has 1 atom stereocenters. The number of hydrogen-bond acceptors (Lipinski definition) is 3. The van der Waals surface area contributed by atoms with Crippen molar-refractivity contribution in [3.05, 3.63) is 16.1 Å². The summed E-state index contributed by atoms with van der Waals surface area (Å²) in [5.74, 6) is 0. The largest absolute Gasteiger partial charge is 0.315 e. The molecule has 0 aliphatic rings. The van der Waals surface area contributed by atoms with E-state index in [1.54, 1.807) is 11.3 Å². The predicted octanol–water partition coefficient (Wildman–Crippen LogP) is 3.41. The van der Waals surface area contributed by atoms with E-state index < -0.39 is 0 Å². The van der Waals surface area contributed by atoms with E-state index in [4.69, 9.17) is 0 Å². The van der Waals surface area contributed by atoms with Crippen molar-refractivity contribution < 1.29 is 0 Å². The summed E-state index contributed by atoms with van der Waals surface area (Å²) in [6.45, 7) is 12.2. The van der Waals surface area contributed by atoms with Crippen molar-refractivity contribution in [2.24, 2.45) is 5.41 Å². The zero-order chi connectivity index (χ0) is 12.2. The molecule has 0 fully saturated rings. The molecule has 1 rings (SSSR count). The third-order valence-electron chi connectivity index (χ3n) is 2.71. The monoisotopic (exact) mass is 240 g/mol. The minimum absolute atomic E-state index is 0.325. The van der Waals surface area contributed by atoms with Gasteiger partial charge in [-0.25, -0.2) is 4.98 Å². The first-order chi connectivity index (χ1) is 7.43. The van der Waals surface area contributed by atoms with Gasteiger partial charge in [0.25, 0.3) is 0 Å². The molecule has 3 heteroatoms. The van der Waals surface area contributed by atoms with Gasteiger partial charge in [-0.15, -0.1) is 11.3 Å². The molecule has 0 saturated heterocycles. The molecule has 1 heterocycles. The van der Waals surface area contributed by atoms with Crippen LogP contribution in [0.4, 0.5) is 0 Å². The Hall–Kier alpha value is -0.410. The first-order valence-corrected chi connectivity index (χ1v) is 6.95. The van der Waals surface area contributed by atoms with Gasteiger partial charge in [0, 0.05) is 23.5 Å². The second-order valence-electron chi connectivity index (χ2n) is 5.39. The summed E-state index contributed by atoms with van der Waals surface area (Å²) in [7, 11) is 0. The van der Waals surface area contributed by atoms with Crippen molar-refractivity contribution in [3.8, 4) is 0 Å². The lowest BCUT2D eigenvalue weighted by Crippen LogP contribution is -2.32. The van der Waals surface area contributed by atoms with Crippen LogP contribution in [0.2, 0.25) is 0 Å². The number of nitrogens with one attached hydrogen (secondary N) is 1. The molecular formula is C13H24N2S. The highest BCUT2D eigenvalue weighted by molar-refractivity contribution is 7.09. The van der Waals surface area contributed by atoms with Crippen LogP contribution in [0.5, 0.6) is 0 Å². The Balaban J connectivity index is 2.50. The van der Waals surface area contributed by atoms with Gasteiger partial charge in [-0.05, 0) is 32.2 Å². The van der Waals surface area contributed by atoms with Gasteiger partial charge in [-0.3, -0.25) is 0 Å². The summed E-state index contributed by atoms with van der Waals surface area (Å²) in [5, 5.41) is 6.88. The third-order valence-corrected chi connectivity index (χ3v) is 3.67. The zero-order valence-corrected chi connectivity index (χ0v) is 11.9. The summed E-state index contributed by atoms with van der Waals surface area (Å²) >= 11 is 1.79. The van der Waals surface area contributed by atoms with Crippen LogP contribution in [0.15, 0.2) is 5.38 Å². The fourth-order valence-electron chi connectivity index (χ4n) is 2.21. The molecule has 0 bridgehead atoms. The number of nitrogens with zero attached hydrogens (tertiary/aromatic N) is 1. The van der Waals surface area contributed by atoms with Crippen LogP contribution in [0.1, 0.15) is 44.8 Å². The molecule has 1 aromatic heterocycles. The molecule has 0 aromatic carbocycles. The van der Waals surface area contributed by atoms with E-state index in [1.165, 1.54) is 11.4 Å². The number of aryl methyl sites for hydroxylation is 1. The van der Waals surface area contributed by atoms with Gasteiger partial charge in [0.2, 0.25) is 0 Å². The molecule has 0 saturated carbocycles. The lowest BCUT2D eigenvalue weighted by Gasteiger charge is -2.27. The van der Waals surface area contributed by atoms with Crippen LogP contribution < -0.4 is 5.32 Å². The Labute approximate surface area is 103 Å². The van der Waals surface area contributed by atoms with Crippen LogP contribution in [0.25, 0.3) is 0 Å². The second-order valence-corrected chi connectivity index (χ2v) is 6.33. The van der Waals surface area contributed by atoms with Crippen molar-refractivity contribution in [2.75, 3.05) is 6.54 Å². The van der Waals surface area contributed by atoms with Gasteiger partial charge >= 0.3 is 0 Å². The number of aromatic nitrogens is 1. The van der Waals surface area contributed by atoms with E-state index in [0.717, 1.165) is 18.7 Å². The molecule has 0 aliphatic heterocycles. The van der Waals surface area contributed by atoms with Crippen LogP contribution >= 0.6 is 11.3 Å². The Kier molecular flexibility index (Phi) is 4.93. The molecule has 0 radical (unpaired) electrons. The molecule has 16 heavy (non-hydrogen) atoms. The summed E-state index contributed by atoms with van der Waals surface area (Å²) < 4.78 is 0. The molecule has 2 nitrogen and oxygen atoms in total. The van der Waals surface area contributed by atoms with Gasteiger partial charge in [0.05, 0.1) is 5.01 Å². The van der Waals surface area contributed by atoms with Crippen molar-refractivity contribution in [3.63, 3.8) is 0 Å². The van der Waals surface area contributed by atoms with Crippen LogP contribution in [0.3, 0.4) is 0 Å². The van der Waals surface area contributed by atoms with Crippen molar-refractivity contribution in [1.82, 2.24) is 10.3 Å². The minimum atomic E-state index is 0.325. The fourth-order valence-corrected chi connectivity index (χ4v) is 3.25. The van der Waals surface area contributed by atoms with Gasteiger partial charge in [-0.1, -0.05) is 20.8 Å². The maximum absolute atomic E-state index is 4.55. The smallest absolute Gasteiger partial charge is 0.0933 e. The zero-order valence-electron chi connectivity index (χ0n) is 11.1. The average Bonchev–Trinajstić information content (AvgIpc) is 2.49. The highest BCUT2D eigenvalue weighted by Gasteiger charge is 2.22. The molecule has 1 unspecified atom stereocenters. The van der Waals surface area contributed by atoms with Gasteiger partial charge in [0.15, 0.2) is 0 Å². The fraction of sp³-hybridized carbons (Fsp3) is 0.769. The topological polar surface area (TPSA) is 24.9 Å². The van der Waals surface area contributed by atoms with E-state index in [2.05, 4.69) is 50.3 Å². The summed E-state index contributed by atoms with van der Waals surface area (Å²) in [6.07, 6.45) is 2.28. The van der Waals surface area contributed by atoms with E-state index in [1.807, 2.05) is 0 Å². The van der Waals surface area contributed by atoms with Crippen molar-refractivity contribution in [1.29, 1.82) is 0 Å². The Morgan fingerprint density at radius 1 is 1.50 bits per heavy atom. The number of rotatable bonds is 6. The van der Waals surface area contributed by atoms with Gasteiger partial charge < -0.3 is 5.32 Å². The standard InChI is InChI=1S/C13H24N2S/c1-6-14-10(2)7-13(4,5)8-12-15-11(3)9-16-12/h9-10,14H,6-8H2,1-5H3. The number of hydrogen-bond donors (Lipinski definition) is 1. The van der Waals surface area contributed by atoms with Crippen molar-refractivity contribution in [2.45, 2.75) is 53.5 Å². The van der Waals surface area contributed by atoms with E-state index >= 15 is 0 Å². The summed E-state index contributed by atoms with van der Waals surface area (Å²) in [6, 6.07) is 0.584. The van der Waals surface area contributed by atoms with Crippen LogP contribution in [0, 0.1) is 12.3 Å². The lowest BCUT2D eigenvalue weighted by atomic mass is 9.83. The Bertz CT molecular complexity index is 317. The number of thiazole rings is 1. The normalized spacial score (nSPS) is 14.1. The molecule has 92 valence electrons. The Morgan fingerprint density at radius 2 is 2.19 bits per heavy atom. The average molecular weight is 240 g/mol. The van der Waals surface area contributed by atoms with E-state index in [0.29, 0.717) is 11.5 Å². The maximum atomic E-state index is 4.55. The van der Waals surface area contributed by atoms with E-state index in [-0.39, 0.29) is 0 Å². The first-order valence-electron chi connectivity index (χ1n) is 6.07. The third kappa shape index (κ3) is 4.62. The van der Waals surface area contributed by atoms with Crippen LogP contribution in [-0.4, -0.2) is 17.6 Å². The Morgan fingerprint density at radius 3 is 2.69 bits per heavy atom. The quantitative estimate of drug-likeness (QED) is 0.824. The first kappa shape index (κ1) is 13.7. The molecular weight excluding hydrogens is 216 g/mol. The maximum Gasteiger partial charge on any atom is 0.0933 e. The summed E-state index contributed by atoms with van der Waals surface area (Å²) in [5.41, 5.74) is 1.47.